The Bertz CT molecular complexity index is 461. The first-order valence-corrected chi connectivity index (χ1v) is 7.42. The zero-order valence-electron chi connectivity index (χ0n) is 10.7. The fourth-order valence-electron chi connectivity index (χ4n) is 5.18. The number of hydrogen-bond acceptors (Lipinski definition) is 2. The molecule has 0 saturated heterocycles. The van der Waals surface area contributed by atoms with Gasteiger partial charge in [-0.25, -0.2) is 0 Å². The third-order valence-electron chi connectivity index (χ3n) is 5.79. The van der Waals surface area contributed by atoms with Crippen LogP contribution in [0.1, 0.15) is 50.7 Å². The van der Waals surface area contributed by atoms with Gasteiger partial charge >= 0.3 is 0 Å². The molecule has 1 aromatic heterocycles. The van der Waals surface area contributed by atoms with Gasteiger partial charge in [0.2, 0.25) is 0 Å². The van der Waals surface area contributed by atoms with E-state index in [0.29, 0.717) is 23.5 Å². The lowest BCUT2D eigenvalue weighted by atomic mass is 9.74. The molecule has 1 heterocycles. The average Bonchev–Trinajstić information content (AvgIpc) is 3.09. The van der Waals surface area contributed by atoms with E-state index in [1.54, 1.807) is 6.26 Å². The summed E-state index contributed by atoms with van der Waals surface area (Å²) in [4.78, 5) is 13.0. The van der Waals surface area contributed by atoms with E-state index in [2.05, 4.69) is 0 Å². The third kappa shape index (κ3) is 1.17. The van der Waals surface area contributed by atoms with E-state index in [-0.39, 0.29) is 5.41 Å². The topological polar surface area (TPSA) is 30.2 Å². The van der Waals surface area contributed by atoms with Crippen LogP contribution >= 0.6 is 0 Å². The van der Waals surface area contributed by atoms with Crippen molar-refractivity contribution in [1.29, 1.82) is 0 Å². The summed E-state index contributed by atoms with van der Waals surface area (Å²) >= 11 is 0. The van der Waals surface area contributed by atoms with Crippen LogP contribution in [0.2, 0.25) is 0 Å². The maximum Gasteiger partial charge on any atom is 0.150 e. The van der Waals surface area contributed by atoms with Crippen molar-refractivity contribution >= 4 is 5.78 Å². The molecule has 1 aromatic rings. The third-order valence-corrected chi connectivity index (χ3v) is 5.79. The molecule has 0 aliphatic heterocycles. The second-order valence-corrected chi connectivity index (χ2v) is 6.37. The maximum atomic E-state index is 13.0. The molecular formula is C16H20O2. The van der Waals surface area contributed by atoms with Gasteiger partial charge in [0.05, 0.1) is 11.7 Å². The van der Waals surface area contributed by atoms with Crippen LogP contribution in [0.4, 0.5) is 0 Å². The smallest absolute Gasteiger partial charge is 0.150 e. The molecule has 4 atom stereocenters. The predicted octanol–water partition coefficient (Wildman–Crippen LogP) is 3.71. The standard InChI is InChI=1S/C16H20O2/c17-15-12-6-2-1-5-11(12)13-7-3-9-16(13,15)14-8-4-10-18-14/h4,8,10-13H,1-3,5-7,9H2/t11-,12+,13+,16+/m1/s1. The van der Waals surface area contributed by atoms with E-state index in [0.717, 1.165) is 18.6 Å². The molecule has 0 bridgehead atoms. The molecule has 18 heavy (non-hydrogen) atoms. The molecule has 3 fully saturated rings. The highest BCUT2D eigenvalue weighted by Gasteiger charge is 2.63. The average molecular weight is 244 g/mol. The first-order chi connectivity index (χ1) is 8.84. The molecule has 2 nitrogen and oxygen atoms in total. The Labute approximate surface area is 108 Å². The number of hydrogen-bond donors (Lipinski definition) is 0. The van der Waals surface area contributed by atoms with Crippen LogP contribution in [-0.2, 0) is 10.2 Å². The number of carbonyl (C=O) groups excluding carboxylic acids is 1. The van der Waals surface area contributed by atoms with Crippen molar-refractivity contribution < 1.29 is 9.21 Å². The van der Waals surface area contributed by atoms with Crippen molar-refractivity contribution in [3.63, 3.8) is 0 Å². The minimum Gasteiger partial charge on any atom is -0.468 e. The van der Waals surface area contributed by atoms with Crippen molar-refractivity contribution in [3.05, 3.63) is 24.2 Å². The summed E-state index contributed by atoms with van der Waals surface area (Å²) in [6.07, 6.45) is 10.1. The summed E-state index contributed by atoms with van der Waals surface area (Å²) < 4.78 is 5.68. The molecule has 0 unspecified atom stereocenters. The summed E-state index contributed by atoms with van der Waals surface area (Å²) in [6, 6.07) is 3.97. The number of ketones is 1. The van der Waals surface area contributed by atoms with E-state index >= 15 is 0 Å². The monoisotopic (exact) mass is 244 g/mol. The molecule has 3 aliphatic rings. The highest BCUT2D eigenvalue weighted by atomic mass is 16.3. The van der Waals surface area contributed by atoms with E-state index in [1.165, 1.54) is 32.1 Å². The summed E-state index contributed by atoms with van der Waals surface area (Å²) in [6.45, 7) is 0. The first kappa shape index (κ1) is 10.8. The summed E-state index contributed by atoms with van der Waals surface area (Å²) in [5.74, 6) is 3.04. The van der Waals surface area contributed by atoms with E-state index in [1.807, 2.05) is 12.1 Å². The van der Waals surface area contributed by atoms with Crippen LogP contribution in [0.15, 0.2) is 22.8 Å². The Morgan fingerprint density at radius 3 is 2.89 bits per heavy atom. The van der Waals surface area contributed by atoms with Crippen LogP contribution in [0.25, 0.3) is 0 Å². The van der Waals surface area contributed by atoms with Crippen molar-refractivity contribution in [2.24, 2.45) is 17.8 Å². The van der Waals surface area contributed by atoms with E-state index < -0.39 is 0 Å². The van der Waals surface area contributed by atoms with Gasteiger partial charge in [-0.3, -0.25) is 4.79 Å². The quantitative estimate of drug-likeness (QED) is 0.754. The minimum atomic E-state index is -0.233. The Balaban J connectivity index is 1.83. The van der Waals surface area contributed by atoms with Crippen LogP contribution in [-0.4, -0.2) is 5.78 Å². The second-order valence-electron chi connectivity index (χ2n) is 6.37. The first-order valence-electron chi connectivity index (χ1n) is 7.42. The number of rotatable bonds is 1. The van der Waals surface area contributed by atoms with Gasteiger partial charge < -0.3 is 4.42 Å². The van der Waals surface area contributed by atoms with Gasteiger partial charge in [-0.05, 0) is 49.7 Å². The SMILES string of the molecule is O=C1[C@H]2CCCC[C@H]2[C@@H]2CCC[C@]12c1ccco1. The molecule has 0 N–H and O–H groups in total. The summed E-state index contributed by atoms with van der Waals surface area (Å²) in [7, 11) is 0. The minimum absolute atomic E-state index is 0.233. The van der Waals surface area contributed by atoms with Crippen LogP contribution < -0.4 is 0 Å². The Morgan fingerprint density at radius 1 is 1.17 bits per heavy atom. The lowest BCUT2D eigenvalue weighted by Gasteiger charge is -2.29. The molecule has 0 amide bonds. The largest absolute Gasteiger partial charge is 0.468 e. The van der Waals surface area contributed by atoms with Gasteiger partial charge in [0.25, 0.3) is 0 Å². The molecule has 0 radical (unpaired) electrons. The summed E-state index contributed by atoms with van der Waals surface area (Å²) in [5.41, 5.74) is -0.233. The van der Waals surface area contributed by atoms with Crippen molar-refractivity contribution in [3.8, 4) is 0 Å². The normalized spacial score (nSPS) is 42.9. The molecular weight excluding hydrogens is 224 g/mol. The predicted molar refractivity (Wildman–Crippen MR) is 68.2 cm³/mol. The summed E-state index contributed by atoms with van der Waals surface area (Å²) in [5, 5.41) is 0. The number of carbonyl (C=O) groups is 1. The van der Waals surface area contributed by atoms with Crippen molar-refractivity contribution in [2.45, 2.75) is 50.4 Å². The van der Waals surface area contributed by atoms with Crippen molar-refractivity contribution in [2.75, 3.05) is 0 Å². The highest BCUT2D eigenvalue weighted by molar-refractivity contribution is 5.95. The van der Waals surface area contributed by atoms with E-state index in [9.17, 15) is 4.79 Å². The molecule has 3 saturated carbocycles. The molecule has 2 heteroatoms. The van der Waals surface area contributed by atoms with Gasteiger partial charge in [0.1, 0.15) is 11.5 Å². The van der Waals surface area contributed by atoms with Gasteiger partial charge in [-0.15, -0.1) is 0 Å². The molecule has 96 valence electrons. The molecule has 0 spiro atoms. The van der Waals surface area contributed by atoms with Crippen LogP contribution in [0.3, 0.4) is 0 Å². The molecule has 0 aromatic carbocycles. The van der Waals surface area contributed by atoms with E-state index in [4.69, 9.17) is 4.42 Å². The van der Waals surface area contributed by atoms with Crippen LogP contribution in [0.5, 0.6) is 0 Å². The van der Waals surface area contributed by atoms with Gasteiger partial charge in [-0.2, -0.15) is 0 Å². The van der Waals surface area contributed by atoms with Crippen LogP contribution in [0, 0.1) is 17.8 Å². The Kier molecular flexibility index (Phi) is 2.24. The fourth-order valence-corrected chi connectivity index (χ4v) is 5.18. The Hall–Kier alpha value is -1.05. The highest BCUT2D eigenvalue weighted by Crippen LogP contribution is 2.61. The second kappa shape index (κ2) is 3.72. The zero-order chi connectivity index (χ0) is 12.2. The zero-order valence-corrected chi connectivity index (χ0v) is 10.7. The Morgan fingerprint density at radius 2 is 2.06 bits per heavy atom. The maximum absolute atomic E-state index is 13.0. The fraction of sp³-hybridized carbons (Fsp3) is 0.688. The number of fused-ring (bicyclic) bond motifs is 3. The number of Topliss-reactive ketones (excluding diaryl/α,β-unsaturated/α-hetero) is 1. The lowest BCUT2D eigenvalue weighted by Crippen LogP contribution is -2.34. The van der Waals surface area contributed by atoms with Crippen molar-refractivity contribution in [1.82, 2.24) is 0 Å². The van der Waals surface area contributed by atoms with Gasteiger partial charge in [-0.1, -0.05) is 19.3 Å². The molecule has 4 rings (SSSR count). The molecule has 3 aliphatic carbocycles. The lowest BCUT2D eigenvalue weighted by molar-refractivity contribution is -0.127. The number of furan rings is 1. The van der Waals surface area contributed by atoms with Gasteiger partial charge in [0.15, 0.2) is 0 Å². The van der Waals surface area contributed by atoms with Gasteiger partial charge in [0, 0.05) is 5.92 Å².